The van der Waals surface area contributed by atoms with E-state index in [1.165, 1.54) is 25.3 Å². The van der Waals surface area contributed by atoms with Gasteiger partial charge in [0.1, 0.15) is 16.5 Å². The van der Waals surface area contributed by atoms with Gasteiger partial charge in [-0.3, -0.25) is 4.98 Å². The monoisotopic (exact) mass is 450 g/mol. The molecule has 0 bridgehead atoms. The Labute approximate surface area is 169 Å². The molecule has 10 heteroatoms. The number of rotatable bonds is 4. The van der Waals surface area contributed by atoms with Gasteiger partial charge in [-0.25, -0.2) is 4.39 Å². The zero-order valence-corrected chi connectivity index (χ0v) is 16.5. The number of benzene rings is 2. The first kappa shape index (κ1) is 22.2. The Morgan fingerprint density at radius 1 is 1.03 bits per heavy atom. The van der Waals surface area contributed by atoms with E-state index in [1.54, 1.807) is 18.5 Å². The first-order chi connectivity index (χ1) is 13.8. The fraction of sp³-hybridized carbons (Fsp3) is 0.250. The summed E-state index contributed by atoms with van der Waals surface area (Å²) in [6.45, 7) is 0.609. The molecule has 0 radical (unpaired) electrons. The van der Waals surface area contributed by atoms with Crippen molar-refractivity contribution >= 4 is 21.0 Å². The van der Waals surface area contributed by atoms with Crippen molar-refractivity contribution in [2.75, 3.05) is 0 Å². The van der Waals surface area contributed by atoms with Gasteiger partial charge in [-0.2, -0.15) is 0 Å². The molecule has 2 N–H and O–H groups in total. The standard InChI is InChI=1S/C14H15FN2.C6H5F5OS/c15-14-5-4-10-8-16-7-6-12(10)13(14)9-17-11-2-1-3-11;7-13(8,9,10,11)6-3-1-2-5(12)4-6/h4-8,11,17H,1-3,9H2;1-4,12H. The zero-order chi connectivity index (χ0) is 22.1. The molecular weight excluding hydrogens is 430 g/mol. The summed E-state index contributed by atoms with van der Waals surface area (Å²) in [4.78, 5) is 1.98. The fourth-order valence-electron chi connectivity index (χ4n) is 2.97. The molecule has 1 fully saturated rings. The van der Waals surface area contributed by atoms with Crippen molar-refractivity contribution in [2.24, 2.45) is 0 Å². The Balaban J connectivity index is 0.000000178. The van der Waals surface area contributed by atoms with E-state index in [0.717, 1.165) is 22.4 Å². The van der Waals surface area contributed by atoms with Crippen molar-refractivity contribution in [3.8, 4) is 5.75 Å². The Hall–Kier alpha value is -2.46. The predicted molar refractivity (Wildman–Crippen MR) is 106 cm³/mol. The molecule has 1 saturated carbocycles. The fourth-order valence-corrected chi connectivity index (χ4v) is 3.65. The van der Waals surface area contributed by atoms with E-state index >= 15 is 0 Å². The average Bonchev–Trinajstić information content (AvgIpc) is 2.61. The minimum absolute atomic E-state index is 0.00154. The van der Waals surface area contributed by atoms with Crippen molar-refractivity contribution in [3.63, 3.8) is 0 Å². The molecule has 0 amide bonds. The molecule has 0 atom stereocenters. The Bertz CT molecular complexity index is 1060. The van der Waals surface area contributed by atoms with Gasteiger partial charge in [0.05, 0.1) is 0 Å². The quantitative estimate of drug-likeness (QED) is 0.418. The average molecular weight is 450 g/mol. The Kier molecular flexibility index (Phi) is 5.44. The summed E-state index contributed by atoms with van der Waals surface area (Å²) in [6, 6.07) is 7.59. The lowest BCUT2D eigenvalue weighted by molar-refractivity contribution is 0.337. The Morgan fingerprint density at radius 3 is 2.33 bits per heavy atom. The van der Waals surface area contributed by atoms with E-state index in [-0.39, 0.29) is 17.9 Å². The van der Waals surface area contributed by atoms with Crippen molar-refractivity contribution in [1.29, 1.82) is 0 Å². The largest absolute Gasteiger partial charge is 0.508 e. The van der Waals surface area contributed by atoms with Crippen molar-refractivity contribution in [3.05, 3.63) is 66.2 Å². The summed E-state index contributed by atoms with van der Waals surface area (Å²) < 4.78 is 73.9. The van der Waals surface area contributed by atoms with Crippen LogP contribution in [0.3, 0.4) is 0 Å². The van der Waals surface area contributed by atoms with Crippen LogP contribution in [0.4, 0.5) is 23.8 Å². The molecule has 1 aromatic heterocycles. The molecule has 3 nitrogen and oxygen atoms in total. The second-order valence-electron chi connectivity index (χ2n) is 7.10. The summed E-state index contributed by atoms with van der Waals surface area (Å²) in [5.74, 6) is -0.971. The van der Waals surface area contributed by atoms with Crippen LogP contribution in [0.5, 0.6) is 5.75 Å². The molecule has 30 heavy (non-hydrogen) atoms. The minimum atomic E-state index is -9.62. The van der Waals surface area contributed by atoms with E-state index in [0.29, 0.717) is 18.7 Å². The van der Waals surface area contributed by atoms with Crippen LogP contribution in [-0.2, 0) is 6.54 Å². The van der Waals surface area contributed by atoms with Crippen LogP contribution in [0, 0.1) is 5.82 Å². The van der Waals surface area contributed by atoms with Crippen LogP contribution in [-0.4, -0.2) is 16.1 Å². The van der Waals surface area contributed by atoms with Crippen LogP contribution in [0.15, 0.2) is 59.8 Å². The van der Waals surface area contributed by atoms with Gasteiger partial charge in [0.15, 0.2) is 0 Å². The lowest BCUT2D eigenvalue weighted by Crippen LogP contribution is -2.34. The number of phenolic OH excluding ortho intramolecular Hbond substituents is 1. The van der Waals surface area contributed by atoms with Crippen molar-refractivity contribution in [2.45, 2.75) is 36.7 Å². The highest BCUT2D eigenvalue weighted by molar-refractivity contribution is 8.45. The first-order valence-electron chi connectivity index (χ1n) is 9.11. The van der Waals surface area contributed by atoms with Gasteiger partial charge in [0.2, 0.25) is 0 Å². The molecule has 0 saturated heterocycles. The molecule has 1 aliphatic rings. The molecule has 164 valence electrons. The van der Waals surface area contributed by atoms with Gasteiger partial charge in [0, 0.05) is 42.0 Å². The summed E-state index contributed by atoms with van der Waals surface area (Å²) in [5, 5.41) is 14.0. The van der Waals surface area contributed by atoms with E-state index < -0.39 is 20.9 Å². The number of pyridine rings is 1. The number of nitrogens with one attached hydrogen (secondary N) is 1. The molecule has 0 unspecified atom stereocenters. The van der Waals surface area contributed by atoms with E-state index in [1.807, 2.05) is 6.07 Å². The third kappa shape index (κ3) is 5.57. The second-order valence-corrected chi connectivity index (χ2v) is 9.51. The van der Waals surface area contributed by atoms with E-state index in [9.17, 15) is 23.8 Å². The maximum atomic E-state index is 13.8. The molecule has 0 spiro atoms. The smallest absolute Gasteiger partial charge is 0.310 e. The number of fused-ring (bicyclic) bond motifs is 1. The maximum absolute atomic E-state index is 13.8. The highest BCUT2D eigenvalue weighted by Gasteiger charge is 2.65. The third-order valence-corrected chi connectivity index (χ3v) is 5.96. The predicted octanol–water partition coefficient (Wildman–Crippen LogP) is 7.07. The topological polar surface area (TPSA) is 45.2 Å². The number of hydrogen-bond acceptors (Lipinski definition) is 3. The number of hydrogen-bond donors (Lipinski definition) is 2. The molecule has 1 heterocycles. The third-order valence-electron chi connectivity index (χ3n) is 4.81. The Morgan fingerprint density at radius 2 is 1.77 bits per heavy atom. The molecule has 2 aromatic carbocycles. The molecule has 3 aromatic rings. The summed E-state index contributed by atoms with van der Waals surface area (Å²) in [6.07, 6.45) is 7.22. The van der Waals surface area contributed by atoms with Crippen LogP contribution >= 0.6 is 10.2 Å². The van der Waals surface area contributed by atoms with Gasteiger partial charge in [-0.1, -0.05) is 31.9 Å². The molecule has 4 rings (SSSR count). The van der Waals surface area contributed by atoms with Gasteiger partial charge in [-0.15, -0.1) is 0 Å². The lowest BCUT2D eigenvalue weighted by Gasteiger charge is -2.40. The van der Waals surface area contributed by atoms with Crippen molar-refractivity contribution < 1.29 is 28.9 Å². The van der Waals surface area contributed by atoms with Crippen LogP contribution in [0.1, 0.15) is 24.8 Å². The van der Waals surface area contributed by atoms with Gasteiger partial charge in [-0.05, 0) is 48.6 Å². The van der Waals surface area contributed by atoms with E-state index in [2.05, 4.69) is 10.3 Å². The van der Waals surface area contributed by atoms with Crippen molar-refractivity contribution in [1.82, 2.24) is 10.3 Å². The molecule has 1 aliphatic carbocycles. The minimum Gasteiger partial charge on any atom is -0.508 e. The van der Waals surface area contributed by atoms with Gasteiger partial charge < -0.3 is 10.4 Å². The first-order valence-corrected chi connectivity index (χ1v) is 11.1. The summed E-state index contributed by atoms with van der Waals surface area (Å²) >= 11 is 0. The van der Waals surface area contributed by atoms with Crippen LogP contribution in [0.25, 0.3) is 10.8 Å². The highest BCUT2D eigenvalue weighted by atomic mass is 32.5. The normalized spacial score (nSPS) is 16.7. The number of phenols is 1. The van der Waals surface area contributed by atoms with Gasteiger partial charge >= 0.3 is 10.2 Å². The lowest BCUT2D eigenvalue weighted by atomic mass is 9.93. The molecule has 0 aliphatic heterocycles. The second kappa shape index (κ2) is 7.35. The van der Waals surface area contributed by atoms with E-state index in [4.69, 9.17) is 5.11 Å². The zero-order valence-electron chi connectivity index (χ0n) is 15.7. The number of aromatic hydroxyl groups is 1. The highest BCUT2D eigenvalue weighted by Crippen LogP contribution is 3.02. The number of halogens is 6. The molecular formula is C20H20F6N2OS. The van der Waals surface area contributed by atoms with Gasteiger partial charge in [0.25, 0.3) is 0 Å². The SMILES string of the molecule is Fc1ccc2cnccc2c1CNC1CCC1.Oc1cccc(S(F)(F)(F)(F)F)c1. The number of nitrogens with zero attached hydrogens (tertiary/aromatic N) is 1. The summed E-state index contributed by atoms with van der Waals surface area (Å²) in [7, 11) is -9.62. The summed E-state index contributed by atoms with van der Waals surface area (Å²) in [5.41, 5.74) is 0.761. The van der Waals surface area contributed by atoms with Crippen LogP contribution < -0.4 is 5.32 Å². The van der Waals surface area contributed by atoms with Crippen LogP contribution in [0.2, 0.25) is 0 Å². The maximum Gasteiger partial charge on any atom is 0.310 e. The number of aromatic nitrogens is 1.